The molecule has 0 aromatic carbocycles. The molecule has 0 aliphatic carbocycles. The van der Waals surface area contributed by atoms with Gasteiger partial charge in [0.05, 0.1) is 0 Å². The van der Waals surface area contributed by atoms with Crippen LogP contribution in [0.25, 0.3) is 0 Å². The molecule has 0 unspecified atom stereocenters. The maximum absolute atomic E-state index is 3.45. The predicted octanol–water partition coefficient (Wildman–Crippen LogP) is 3.04. The summed E-state index contributed by atoms with van der Waals surface area (Å²) >= 11 is 3.85. The normalized spacial score (nSPS) is 11.3. The maximum Gasteiger partial charge on any atom is 0.0325 e. The van der Waals surface area contributed by atoms with E-state index in [9.17, 15) is 0 Å². The van der Waals surface area contributed by atoms with Gasteiger partial charge in [-0.1, -0.05) is 6.92 Å². The van der Waals surface area contributed by atoms with Crippen LogP contribution in [0.5, 0.6) is 0 Å². The zero-order valence-corrected chi connectivity index (χ0v) is 12.8. The summed E-state index contributed by atoms with van der Waals surface area (Å²) in [6.07, 6.45) is 3.37. The Kier molecular flexibility index (Phi) is 7.93. The Bertz CT molecular complexity index is 299. The zero-order chi connectivity index (χ0) is 12.5. The van der Waals surface area contributed by atoms with Gasteiger partial charge in [0.2, 0.25) is 0 Å². The van der Waals surface area contributed by atoms with E-state index in [1.54, 1.807) is 0 Å². The van der Waals surface area contributed by atoms with Crippen molar-refractivity contribution in [2.45, 2.75) is 26.4 Å². The quantitative estimate of drug-likeness (QED) is 0.696. The van der Waals surface area contributed by atoms with E-state index < -0.39 is 0 Å². The summed E-state index contributed by atoms with van der Waals surface area (Å²) in [7, 11) is 2.20. The topological polar surface area (TPSA) is 15.3 Å². The van der Waals surface area contributed by atoms with Crippen LogP contribution in [-0.4, -0.2) is 37.0 Å². The van der Waals surface area contributed by atoms with E-state index in [4.69, 9.17) is 0 Å². The Hall–Kier alpha value is -0.0300. The van der Waals surface area contributed by atoms with Gasteiger partial charge < -0.3 is 10.2 Å². The summed E-state index contributed by atoms with van der Waals surface area (Å²) in [6, 6.07) is 4.52. The Balaban J connectivity index is 2.29. The number of nitrogens with zero attached hydrogens (tertiary/aromatic N) is 1. The maximum atomic E-state index is 3.45. The minimum absolute atomic E-state index is 1.02. The second-order valence-corrected chi connectivity index (χ2v) is 6.51. The highest BCUT2D eigenvalue weighted by molar-refractivity contribution is 7.98. The van der Waals surface area contributed by atoms with Crippen LogP contribution >= 0.6 is 23.1 Å². The lowest BCUT2D eigenvalue weighted by Gasteiger charge is -2.14. The van der Waals surface area contributed by atoms with Crippen LogP contribution in [0, 0.1) is 0 Å². The molecule has 0 saturated carbocycles. The second-order valence-electron chi connectivity index (χ2n) is 4.28. The number of thioether (sulfide) groups is 1. The molecule has 1 aromatic rings. The molecule has 0 fully saturated rings. The number of hydrogen-bond donors (Lipinski definition) is 1. The SMILES string of the molecule is CCCNCc1ccc(CN(C)CCSC)s1. The van der Waals surface area contributed by atoms with Gasteiger partial charge in [-0.25, -0.2) is 0 Å². The average molecular weight is 272 g/mol. The van der Waals surface area contributed by atoms with Crippen LogP contribution in [0.2, 0.25) is 0 Å². The van der Waals surface area contributed by atoms with E-state index in [1.165, 1.54) is 28.5 Å². The summed E-state index contributed by atoms with van der Waals surface area (Å²) in [5.74, 6) is 1.22. The van der Waals surface area contributed by atoms with Gasteiger partial charge in [0.1, 0.15) is 0 Å². The van der Waals surface area contributed by atoms with Gasteiger partial charge in [0.25, 0.3) is 0 Å². The zero-order valence-electron chi connectivity index (χ0n) is 11.2. The molecule has 98 valence electrons. The van der Waals surface area contributed by atoms with Gasteiger partial charge in [-0.2, -0.15) is 11.8 Å². The Morgan fingerprint density at radius 2 is 2.12 bits per heavy atom. The first-order valence-corrected chi connectivity index (χ1v) is 8.43. The molecule has 0 atom stereocenters. The van der Waals surface area contributed by atoms with E-state index in [1.807, 2.05) is 23.1 Å². The minimum atomic E-state index is 1.02. The van der Waals surface area contributed by atoms with Gasteiger partial charge in [-0.05, 0) is 38.4 Å². The van der Waals surface area contributed by atoms with Crippen molar-refractivity contribution in [2.24, 2.45) is 0 Å². The number of rotatable bonds is 9. The standard InChI is InChI=1S/C13H24N2S2/c1-4-7-14-10-12-5-6-13(17-12)11-15(2)8-9-16-3/h5-6,14H,4,7-11H2,1-3H3. The van der Waals surface area contributed by atoms with Gasteiger partial charge in [0.15, 0.2) is 0 Å². The van der Waals surface area contributed by atoms with Crippen molar-refractivity contribution >= 4 is 23.1 Å². The average Bonchev–Trinajstić information content (AvgIpc) is 2.74. The third-order valence-corrected chi connectivity index (χ3v) is 4.21. The lowest BCUT2D eigenvalue weighted by Crippen LogP contribution is -2.19. The monoisotopic (exact) mass is 272 g/mol. The smallest absolute Gasteiger partial charge is 0.0325 e. The van der Waals surface area contributed by atoms with Crippen molar-refractivity contribution in [2.75, 3.05) is 32.1 Å². The molecule has 0 aliphatic rings. The molecule has 2 nitrogen and oxygen atoms in total. The van der Waals surface area contributed by atoms with E-state index in [0.29, 0.717) is 0 Å². The Labute approximate surface area is 114 Å². The summed E-state index contributed by atoms with van der Waals surface area (Å²) in [4.78, 5) is 5.32. The van der Waals surface area contributed by atoms with Crippen LogP contribution in [0.1, 0.15) is 23.1 Å². The van der Waals surface area contributed by atoms with Crippen LogP contribution in [0.3, 0.4) is 0 Å². The minimum Gasteiger partial charge on any atom is -0.312 e. The van der Waals surface area contributed by atoms with Crippen molar-refractivity contribution in [3.8, 4) is 0 Å². The van der Waals surface area contributed by atoms with Gasteiger partial charge >= 0.3 is 0 Å². The van der Waals surface area contributed by atoms with Crippen molar-refractivity contribution in [1.29, 1.82) is 0 Å². The molecule has 1 heterocycles. The lowest BCUT2D eigenvalue weighted by atomic mass is 10.4. The molecular weight excluding hydrogens is 248 g/mol. The summed E-state index contributed by atoms with van der Waals surface area (Å²) < 4.78 is 0. The number of thiophene rings is 1. The first-order chi connectivity index (χ1) is 8.26. The molecule has 17 heavy (non-hydrogen) atoms. The van der Waals surface area contributed by atoms with Crippen molar-refractivity contribution in [3.05, 3.63) is 21.9 Å². The van der Waals surface area contributed by atoms with Gasteiger partial charge in [-0.3, -0.25) is 0 Å². The molecule has 0 amide bonds. The second kappa shape index (κ2) is 8.97. The van der Waals surface area contributed by atoms with Crippen LogP contribution < -0.4 is 5.32 Å². The molecule has 0 spiro atoms. The lowest BCUT2D eigenvalue weighted by molar-refractivity contribution is 0.352. The highest BCUT2D eigenvalue weighted by atomic mass is 32.2. The highest BCUT2D eigenvalue weighted by Gasteiger charge is 2.03. The molecule has 0 aliphatic heterocycles. The van der Waals surface area contributed by atoms with Crippen LogP contribution in [-0.2, 0) is 13.1 Å². The molecule has 1 N–H and O–H groups in total. The first-order valence-electron chi connectivity index (χ1n) is 6.22. The molecule has 4 heteroatoms. The van der Waals surface area contributed by atoms with Crippen molar-refractivity contribution in [3.63, 3.8) is 0 Å². The molecule has 0 saturated heterocycles. The fourth-order valence-electron chi connectivity index (χ4n) is 1.58. The van der Waals surface area contributed by atoms with Crippen molar-refractivity contribution < 1.29 is 0 Å². The molecular formula is C13H24N2S2. The Morgan fingerprint density at radius 3 is 2.82 bits per heavy atom. The summed E-state index contributed by atoms with van der Waals surface area (Å²) in [5, 5.41) is 3.45. The Morgan fingerprint density at radius 1 is 1.35 bits per heavy atom. The molecule has 1 rings (SSSR count). The summed E-state index contributed by atoms with van der Waals surface area (Å²) in [5.41, 5.74) is 0. The largest absolute Gasteiger partial charge is 0.312 e. The molecule has 0 bridgehead atoms. The van der Waals surface area contributed by atoms with Gasteiger partial charge in [-0.15, -0.1) is 11.3 Å². The third kappa shape index (κ3) is 6.46. The first kappa shape index (κ1) is 15.0. The number of nitrogens with one attached hydrogen (secondary N) is 1. The summed E-state index contributed by atoms with van der Waals surface area (Å²) in [6.45, 7) is 6.59. The van der Waals surface area contributed by atoms with E-state index in [0.717, 1.165) is 19.6 Å². The van der Waals surface area contributed by atoms with Gasteiger partial charge in [0, 0.05) is 35.1 Å². The van der Waals surface area contributed by atoms with E-state index in [2.05, 4.69) is 42.6 Å². The number of hydrogen-bond acceptors (Lipinski definition) is 4. The van der Waals surface area contributed by atoms with E-state index >= 15 is 0 Å². The molecule has 0 radical (unpaired) electrons. The fraction of sp³-hybridized carbons (Fsp3) is 0.692. The third-order valence-electron chi connectivity index (χ3n) is 2.55. The van der Waals surface area contributed by atoms with E-state index in [-0.39, 0.29) is 0 Å². The van der Waals surface area contributed by atoms with Crippen LogP contribution in [0.15, 0.2) is 12.1 Å². The predicted molar refractivity (Wildman–Crippen MR) is 81.0 cm³/mol. The fourth-order valence-corrected chi connectivity index (χ4v) is 3.15. The van der Waals surface area contributed by atoms with Crippen LogP contribution in [0.4, 0.5) is 0 Å². The highest BCUT2D eigenvalue weighted by Crippen LogP contribution is 2.17. The van der Waals surface area contributed by atoms with Crippen molar-refractivity contribution in [1.82, 2.24) is 10.2 Å². The molecule has 1 aromatic heterocycles.